The van der Waals surface area contributed by atoms with Gasteiger partial charge in [-0.15, -0.1) is 0 Å². The summed E-state index contributed by atoms with van der Waals surface area (Å²) in [5.74, 6) is -0.433. The first-order valence-electron chi connectivity index (χ1n) is 8.52. The number of aromatic nitrogens is 1. The molecule has 1 amide bonds. The van der Waals surface area contributed by atoms with Crippen LogP contribution < -0.4 is 16.4 Å². The third-order valence-electron chi connectivity index (χ3n) is 4.26. The third-order valence-corrected chi connectivity index (χ3v) is 4.57. The van der Waals surface area contributed by atoms with Crippen LogP contribution in [0, 0.1) is 13.8 Å². The zero-order valence-corrected chi connectivity index (χ0v) is 16.4. The molecule has 0 spiro atoms. The highest BCUT2D eigenvalue weighted by Crippen LogP contribution is 2.31. The molecule has 3 N–H and O–H groups in total. The maximum absolute atomic E-state index is 12.8. The Morgan fingerprint density at radius 2 is 2.11 bits per heavy atom. The highest BCUT2D eigenvalue weighted by Gasteiger charge is 2.25. The van der Waals surface area contributed by atoms with E-state index in [1.54, 1.807) is 26.1 Å². The van der Waals surface area contributed by atoms with Crippen molar-refractivity contribution in [3.8, 4) is 0 Å². The number of hydrogen-bond acceptors (Lipinski definition) is 6. The number of anilines is 2. The summed E-state index contributed by atoms with van der Waals surface area (Å²) in [5, 5.41) is 12.6. The Balaban J connectivity index is 2.19. The van der Waals surface area contributed by atoms with E-state index < -0.39 is 5.91 Å². The Bertz CT molecular complexity index is 1100. The number of aryl methyl sites for hydroxylation is 2. The van der Waals surface area contributed by atoms with Gasteiger partial charge in [0.05, 0.1) is 35.6 Å². The molecule has 0 atom stereocenters. The number of pyridine rings is 1. The van der Waals surface area contributed by atoms with Crippen molar-refractivity contribution in [2.75, 3.05) is 18.5 Å². The Kier molecular flexibility index (Phi) is 5.73. The monoisotopic (exact) mass is 405 g/mol. The second-order valence-corrected chi connectivity index (χ2v) is 6.73. The van der Waals surface area contributed by atoms with Gasteiger partial charge in [-0.1, -0.05) is 17.7 Å². The van der Waals surface area contributed by atoms with Crippen molar-refractivity contribution in [1.29, 1.82) is 0 Å². The quantitative estimate of drug-likeness (QED) is 0.430. The molecule has 8 nitrogen and oxygen atoms in total. The van der Waals surface area contributed by atoms with E-state index in [0.29, 0.717) is 21.7 Å². The maximum atomic E-state index is 12.8. The maximum Gasteiger partial charge on any atom is 0.282 e. The summed E-state index contributed by atoms with van der Waals surface area (Å²) in [5.41, 5.74) is 4.25. The molecular formula is C19H20ClN3O5. The normalized spacial score (nSPS) is 11.0. The lowest BCUT2D eigenvalue weighted by molar-refractivity contribution is 0.0169. The minimum atomic E-state index is -0.630. The Morgan fingerprint density at radius 3 is 2.79 bits per heavy atom. The number of carbonyl (C=O) groups is 1. The van der Waals surface area contributed by atoms with Crippen molar-refractivity contribution < 1.29 is 19.2 Å². The van der Waals surface area contributed by atoms with Gasteiger partial charge in [0.1, 0.15) is 11.4 Å². The van der Waals surface area contributed by atoms with Crippen LogP contribution in [0.1, 0.15) is 21.5 Å². The zero-order chi connectivity index (χ0) is 20.4. The first-order valence-corrected chi connectivity index (χ1v) is 8.90. The smallest absolute Gasteiger partial charge is 0.282 e. The number of hydroxylamine groups is 1. The molecule has 0 fully saturated rings. The first-order chi connectivity index (χ1) is 13.3. The highest BCUT2D eigenvalue weighted by molar-refractivity contribution is 6.33. The number of rotatable bonds is 6. The van der Waals surface area contributed by atoms with Gasteiger partial charge in [0.2, 0.25) is 0 Å². The van der Waals surface area contributed by atoms with Gasteiger partial charge in [-0.25, -0.2) is 5.48 Å². The minimum absolute atomic E-state index is 0.0790. The van der Waals surface area contributed by atoms with Gasteiger partial charge >= 0.3 is 0 Å². The Hall–Kier alpha value is -2.81. The van der Waals surface area contributed by atoms with E-state index in [-0.39, 0.29) is 35.7 Å². The van der Waals surface area contributed by atoms with Gasteiger partial charge in [-0.3, -0.25) is 19.0 Å². The van der Waals surface area contributed by atoms with Crippen LogP contribution in [0.2, 0.25) is 5.02 Å². The van der Waals surface area contributed by atoms with Crippen molar-refractivity contribution >= 4 is 40.0 Å². The fraction of sp³-hybridized carbons (Fsp3) is 0.263. The van der Waals surface area contributed by atoms with Crippen LogP contribution in [0.15, 0.2) is 33.7 Å². The summed E-state index contributed by atoms with van der Waals surface area (Å²) in [6.07, 6.45) is 1.42. The number of aliphatic hydroxyl groups excluding tert-OH is 1. The van der Waals surface area contributed by atoms with Crippen LogP contribution in [-0.2, 0) is 11.9 Å². The van der Waals surface area contributed by atoms with E-state index in [1.807, 2.05) is 13.0 Å². The number of carbonyl (C=O) groups excluding carboxylic acids is 1. The number of nitrogens with zero attached hydrogens (tertiary/aromatic N) is 1. The number of fused-ring (bicyclic) bond motifs is 1. The van der Waals surface area contributed by atoms with E-state index in [0.717, 1.165) is 5.56 Å². The molecule has 0 aliphatic rings. The molecule has 28 heavy (non-hydrogen) atoms. The molecular weight excluding hydrogens is 386 g/mol. The van der Waals surface area contributed by atoms with Crippen LogP contribution >= 0.6 is 11.6 Å². The second-order valence-electron chi connectivity index (χ2n) is 6.32. The Morgan fingerprint density at radius 1 is 1.36 bits per heavy atom. The van der Waals surface area contributed by atoms with Gasteiger partial charge in [0, 0.05) is 12.6 Å². The molecule has 0 aliphatic heterocycles. The van der Waals surface area contributed by atoms with Gasteiger partial charge < -0.3 is 14.8 Å². The van der Waals surface area contributed by atoms with E-state index in [1.165, 1.54) is 10.8 Å². The number of hydrogen-bond donors (Lipinski definition) is 3. The molecule has 2 heterocycles. The predicted octanol–water partition coefficient (Wildman–Crippen LogP) is 2.80. The minimum Gasteiger partial charge on any atom is -0.463 e. The third kappa shape index (κ3) is 3.62. The standard InChI is InChI=1S/C19H20ClN3O5/c1-10-4-5-13(12(20)8-10)21-17-15(18(25)22-28-7-6-24)16-14(11(2)9-27-16)19(26)23(17)3/h4-5,8-9,21,24H,6-7H2,1-3H3,(H,22,25). The first kappa shape index (κ1) is 19.9. The number of nitrogens with one attached hydrogen (secondary N) is 2. The van der Waals surface area contributed by atoms with E-state index in [9.17, 15) is 9.59 Å². The molecule has 1 aromatic carbocycles. The fourth-order valence-corrected chi connectivity index (χ4v) is 3.14. The lowest BCUT2D eigenvalue weighted by Crippen LogP contribution is -2.30. The number of halogens is 1. The molecule has 0 saturated heterocycles. The molecule has 0 bridgehead atoms. The molecule has 148 valence electrons. The summed E-state index contributed by atoms with van der Waals surface area (Å²) in [4.78, 5) is 30.6. The molecule has 3 aromatic rings. The molecule has 9 heteroatoms. The summed E-state index contributed by atoms with van der Waals surface area (Å²) in [6, 6.07) is 5.37. The molecule has 0 aliphatic carbocycles. The number of amides is 1. The van der Waals surface area contributed by atoms with E-state index in [4.69, 9.17) is 26.0 Å². The van der Waals surface area contributed by atoms with Crippen LogP contribution in [0.4, 0.5) is 11.5 Å². The number of benzene rings is 1. The predicted molar refractivity (Wildman–Crippen MR) is 106 cm³/mol. The van der Waals surface area contributed by atoms with E-state index >= 15 is 0 Å². The van der Waals surface area contributed by atoms with Gasteiger partial charge in [0.25, 0.3) is 11.5 Å². The van der Waals surface area contributed by atoms with Crippen LogP contribution in [0.3, 0.4) is 0 Å². The molecule has 0 radical (unpaired) electrons. The highest BCUT2D eigenvalue weighted by atomic mass is 35.5. The lowest BCUT2D eigenvalue weighted by Gasteiger charge is -2.17. The van der Waals surface area contributed by atoms with Crippen molar-refractivity contribution in [2.24, 2.45) is 7.05 Å². The SMILES string of the molecule is Cc1ccc(Nc2c(C(=O)NOCCO)c3occ(C)c3c(=O)n2C)c(Cl)c1. The van der Waals surface area contributed by atoms with Crippen molar-refractivity contribution in [3.63, 3.8) is 0 Å². The Labute approximate surface area is 165 Å². The van der Waals surface area contributed by atoms with Gasteiger partial charge in [-0.2, -0.15) is 0 Å². The van der Waals surface area contributed by atoms with Gasteiger partial charge in [0.15, 0.2) is 5.58 Å². The largest absolute Gasteiger partial charge is 0.463 e. The van der Waals surface area contributed by atoms with Crippen molar-refractivity contribution in [2.45, 2.75) is 13.8 Å². The molecule has 3 rings (SSSR count). The average Bonchev–Trinajstić information content (AvgIpc) is 3.03. The summed E-state index contributed by atoms with van der Waals surface area (Å²) in [7, 11) is 1.55. The van der Waals surface area contributed by atoms with Crippen molar-refractivity contribution in [3.05, 3.63) is 56.5 Å². The summed E-state index contributed by atoms with van der Waals surface area (Å²) in [6.45, 7) is 3.29. The summed E-state index contributed by atoms with van der Waals surface area (Å²) < 4.78 is 6.84. The van der Waals surface area contributed by atoms with Crippen LogP contribution in [0.5, 0.6) is 0 Å². The molecule has 0 unspecified atom stereocenters. The number of furan rings is 1. The fourth-order valence-electron chi connectivity index (χ4n) is 2.86. The number of aliphatic hydroxyl groups is 1. The van der Waals surface area contributed by atoms with Crippen LogP contribution in [-0.4, -0.2) is 28.8 Å². The van der Waals surface area contributed by atoms with Gasteiger partial charge in [-0.05, 0) is 31.5 Å². The van der Waals surface area contributed by atoms with Crippen molar-refractivity contribution in [1.82, 2.24) is 10.0 Å². The topological polar surface area (TPSA) is 106 Å². The summed E-state index contributed by atoms with van der Waals surface area (Å²) >= 11 is 6.30. The van der Waals surface area contributed by atoms with E-state index in [2.05, 4.69) is 10.8 Å². The molecule has 0 saturated carbocycles. The molecule has 2 aromatic heterocycles. The zero-order valence-electron chi connectivity index (χ0n) is 15.6. The lowest BCUT2D eigenvalue weighted by atomic mass is 10.1. The second kappa shape index (κ2) is 8.05. The average molecular weight is 406 g/mol. The van der Waals surface area contributed by atoms with Crippen LogP contribution in [0.25, 0.3) is 11.0 Å².